The van der Waals surface area contributed by atoms with Crippen LogP contribution in [0, 0.1) is 6.92 Å². The molecule has 0 fully saturated rings. The number of hydrogen-bond donors (Lipinski definition) is 2. The van der Waals surface area contributed by atoms with E-state index < -0.39 is 11.9 Å². The van der Waals surface area contributed by atoms with Crippen molar-refractivity contribution in [3.05, 3.63) is 47.1 Å². The third kappa shape index (κ3) is 3.15. The number of aromatic nitrogens is 2. The number of aromatic carboxylic acids is 1. The molecule has 0 unspecified atom stereocenters. The molecule has 7 nitrogen and oxygen atoms in total. The predicted octanol–water partition coefficient (Wildman–Crippen LogP) is 1.01. The van der Waals surface area contributed by atoms with Gasteiger partial charge in [-0.3, -0.25) is 4.79 Å². The molecule has 1 amide bonds. The molecule has 0 atom stereocenters. The Balaban J connectivity index is 2.01. The van der Waals surface area contributed by atoms with Crippen LogP contribution in [0.4, 0.5) is 0 Å². The zero-order valence-electron chi connectivity index (χ0n) is 10.1. The van der Waals surface area contributed by atoms with E-state index in [9.17, 15) is 9.59 Å². The maximum atomic E-state index is 11.6. The summed E-state index contributed by atoms with van der Waals surface area (Å²) in [5, 5.41) is 14.9. The lowest BCUT2D eigenvalue weighted by atomic mass is 10.1. The van der Waals surface area contributed by atoms with Gasteiger partial charge in [0.2, 0.25) is 5.89 Å². The number of carboxylic acid groups (broad SMARTS) is 1. The summed E-state index contributed by atoms with van der Waals surface area (Å²) in [5.41, 5.74) is 0.843. The SMILES string of the molecule is Cc1nc(C(=O)NCc2cccc(C(=O)O)c2)no1. The molecule has 0 saturated carbocycles. The highest BCUT2D eigenvalue weighted by molar-refractivity contribution is 5.90. The van der Waals surface area contributed by atoms with E-state index in [2.05, 4.69) is 20.0 Å². The molecule has 0 aliphatic carbocycles. The van der Waals surface area contributed by atoms with Crippen LogP contribution < -0.4 is 5.32 Å². The molecule has 0 radical (unpaired) electrons. The second kappa shape index (κ2) is 5.30. The van der Waals surface area contributed by atoms with Crippen LogP contribution in [0.5, 0.6) is 0 Å². The van der Waals surface area contributed by atoms with Gasteiger partial charge in [-0.05, 0) is 17.7 Å². The topological polar surface area (TPSA) is 105 Å². The standard InChI is InChI=1S/C12H11N3O4/c1-7-14-10(15-19-7)11(16)13-6-8-3-2-4-9(5-8)12(17)18/h2-5H,6H2,1H3,(H,13,16)(H,17,18). The monoisotopic (exact) mass is 261 g/mol. The first kappa shape index (κ1) is 12.7. The molecule has 2 aromatic rings. The number of aryl methyl sites for hydroxylation is 1. The maximum absolute atomic E-state index is 11.6. The van der Waals surface area contributed by atoms with Gasteiger partial charge >= 0.3 is 5.97 Å². The second-order valence-electron chi connectivity index (χ2n) is 3.83. The lowest BCUT2D eigenvalue weighted by Crippen LogP contribution is -2.24. The fraction of sp³-hybridized carbons (Fsp3) is 0.167. The zero-order valence-corrected chi connectivity index (χ0v) is 10.1. The number of amides is 1. The minimum Gasteiger partial charge on any atom is -0.478 e. The van der Waals surface area contributed by atoms with Gasteiger partial charge in [-0.25, -0.2) is 4.79 Å². The van der Waals surface area contributed by atoms with Crippen LogP contribution in [0.2, 0.25) is 0 Å². The molecule has 7 heteroatoms. The molecule has 98 valence electrons. The molecule has 1 heterocycles. The number of hydrogen-bond acceptors (Lipinski definition) is 5. The zero-order chi connectivity index (χ0) is 13.8. The van der Waals surface area contributed by atoms with Crippen LogP contribution in [-0.2, 0) is 6.54 Å². The van der Waals surface area contributed by atoms with E-state index in [0.29, 0.717) is 11.5 Å². The first-order chi connectivity index (χ1) is 9.06. The van der Waals surface area contributed by atoms with E-state index >= 15 is 0 Å². The van der Waals surface area contributed by atoms with E-state index in [-0.39, 0.29) is 17.9 Å². The fourth-order valence-corrected chi connectivity index (χ4v) is 1.47. The molecule has 0 saturated heterocycles. The van der Waals surface area contributed by atoms with E-state index in [1.54, 1.807) is 19.1 Å². The number of carbonyl (C=O) groups excluding carboxylic acids is 1. The van der Waals surface area contributed by atoms with Crippen molar-refractivity contribution in [1.82, 2.24) is 15.5 Å². The fourth-order valence-electron chi connectivity index (χ4n) is 1.47. The maximum Gasteiger partial charge on any atom is 0.335 e. The van der Waals surface area contributed by atoms with Gasteiger partial charge in [0, 0.05) is 13.5 Å². The number of nitrogens with zero attached hydrogens (tertiary/aromatic N) is 2. The van der Waals surface area contributed by atoms with Crippen molar-refractivity contribution in [1.29, 1.82) is 0 Å². The summed E-state index contributed by atoms with van der Waals surface area (Å²) < 4.78 is 4.69. The summed E-state index contributed by atoms with van der Waals surface area (Å²) in [7, 11) is 0. The quantitative estimate of drug-likeness (QED) is 0.850. The summed E-state index contributed by atoms with van der Waals surface area (Å²) in [6, 6.07) is 6.30. The normalized spacial score (nSPS) is 10.2. The van der Waals surface area contributed by atoms with E-state index in [0.717, 1.165) is 0 Å². The number of nitrogens with one attached hydrogen (secondary N) is 1. The average molecular weight is 261 g/mol. The molecule has 2 rings (SSSR count). The highest BCUT2D eigenvalue weighted by atomic mass is 16.5. The van der Waals surface area contributed by atoms with Crippen LogP contribution in [0.1, 0.15) is 32.4 Å². The van der Waals surface area contributed by atoms with Gasteiger partial charge in [0.1, 0.15) is 0 Å². The lowest BCUT2D eigenvalue weighted by Gasteiger charge is -2.03. The minimum absolute atomic E-state index is 0.0492. The van der Waals surface area contributed by atoms with Crippen molar-refractivity contribution in [3.8, 4) is 0 Å². The van der Waals surface area contributed by atoms with E-state index in [1.165, 1.54) is 12.1 Å². The number of rotatable bonds is 4. The first-order valence-electron chi connectivity index (χ1n) is 5.47. The van der Waals surface area contributed by atoms with E-state index in [1.807, 2.05) is 0 Å². The Morgan fingerprint density at radius 3 is 2.84 bits per heavy atom. The third-order valence-electron chi connectivity index (χ3n) is 2.36. The van der Waals surface area contributed by atoms with Crippen LogP contribution >= 0.6 is 0 Å². The summed E-state index contributed by atoms with van der Waals surface area (Å²) in [6.07, 6.45) is 0. The third-order valence-corrected chi connectivity index (χ3v) is 2.36. The van der Waals surface area contributed by atoms with Crippen LogP contribution in [0.25, 0.3) is 0 Å². The van der Waals surface area contributed by atoms with Gasteiger partial charge in [0.15, 0.2) is 0 Å². The second-order valence-corrected chi connectivity index (χ2v) is 3.83. The van der Waals surface area contributed by atoms with Crippen molar-refractivity contribution in [3.63, 3.8) is 0 Å². The Labute approximate surface area is 108 Å². The molecule has 0 spiro atoms. The Hall–Kier alpha value is -2.70. The highest BCUT2D eigenvalue weighted by Crippen LogP contribution is 2.05. The van der Waals surface area contributed by atoms with Gasteiger partial charge in [0.05, 0.1) is 5.56 Å². The van der Waals surface area contributed by atoms with Gasteiger partial charge in [-0.15, -0.1) is 0 Å². The molecule has 1 aromatic heterocycles. The molecular weight excluding hydrogens is 250 g/mol. The Morgan fingerprint density at radius 2 is 2.21 bits per heavy atom. The molecule has 0 aliphatic rings. The molecule has 19 heavy (non-hydrogen) atoms. The Morgan fingerprint density at radius 1 is 1.42 bits per heavy atom. The van der Waals surface area contributed by atoms with Crippen LogP contribution in [0.15, 0.2) is 28.8 Å². The van der Waals surface area contributed by atoms with Crippen LogP contribution in [-0.4, -0.2) is 27.1 Å². The van der Waals surface area contributed by atoms with Gasteiger partial charge < -0.3 is 14.9 Å². The average Bonchev–Trinajstić information content (AvgIpc) is 2.83. The summed E-state index contributed by atoms with van der Waals surface area (Å²) in [4.78, 5) is 26.2. The summed E-state index contributed by atoms with van der Waals surface area (Å²) >= 11 is 0. The van der Waals surface area contributed by atoms with Crippen molar-refractivity contribution in [2.24, 2.45) is 0 Å². The lowest BCUT2D eigenvalue weighted by molar-refractivity contribution is 0.0696. The van der Waals surface area contributed by atoms with Crippen molar-refractivity contribution in [2.75, 3.05) is 0 Å². The molecular formula is C12H11N3O4. The molecule has 0 bridgehead atoms. The summed E-state index contributed by atoms with van der Waals surface area (Å²) in [6.45, 7) is 1.77. The van der Waals surface area contributed by atoms with Gasteiger partial charge in [0.25, 0.3) is 11.7 Å². The van der Waals surface area contributed by atoms with Gasteiger partial charge in [-0.2, -0.15) is 4.98 Å². The predicted molar refractivity (Wildman–Crippen MR) is 63.6 cm³/mol. The van der Waals surface area contributed by atoms with E-state index in [4.69, 9.17) is 5.11 Å². The highest BCUT2D eigenvalue weighted by Gasteiger charge is 2.12. The summed E-state index contributed by atoms with van der Waals surface area (Å²) in [5.74, 6) is -1.23. The van der Waals surface area contributed by atoms with Crippen molar-refractivity contribution >= 4 is 11.9 Å². The Bertz CT molecular complexity index is 621. The molecule has 0 aliphatic heterocycles. The number of benzene rings is 1. The Kier molecular flexibility index (Phi) is 3.56. The molecule has 1 aromatic carbocycles. The first-order valence-corrected chi connectivity index (χ1v) is 5.47. The van der Waals surface area contributed by atoms with Crippen molar-refractivity contribution in [2.45, 2.75) is 13.5 Å². The molecule has 2 N–H and O–H groups in total. The van der Waals surface area contributed by atoms with Gasteiger partial charge in [-0.1, -0.05) is 17.3 Å². The van der Waals surface area contributed by atoms with Crippen molar-refractivity contribution < 1.29 is 19.2 Å². The van der Waals surface area contributed by atoms with Crippen LogP contribution in [0.3, 0.4) is 0 Å². The number of carboxylic acids is 1. The minimum atomic E-state index is -1.01. The number of carbonyl (C=O) groups is 2. The smallest absolute Gasteiger partial charge is 0.335 e. The largest absolute Gasteiger partial charge is 0.478 e.